The topological polar surface area (TPSA) is 48.5 Å². The summed E-state index contributed by atoms with van der Waals surface area (Å²) >= 11 is 1.53. The molecule has 0 spiro atoms. The molecule has 1 fully saturated rings. The smallest absolute Gasteiger partial charge is 0.243 e. The van der Waals surface area contributed by atoms with Crippen molar-refractivity contribution in [1.29, 1.82) is 0 Å². The van der Waals surface area contributed by atoms with Crippen LogP contribution in [-0.2, 0) is 4.79 Å². The van der Waals surface area contributed by atoms with Crippen molar-refractivity contribution in [2.45, 2.75) is 26.8 Å². The number of nitrogens with zero attached hydrogens (tertiary/aromatic N) is 3. The summed E-state index contributed by atoms with van der Waals surface area (Å²) in [5, 5.41) is 3.67. The molecule has 0 saturated carbocycles. The molecule has 130 valence electrons. The molecule has 1 aromatic carbocycles. The van der Waals surface area contributed by atoms with E-state index in [1.807, 2.05) is 31.2 Å². The number of rotatable bonds is 5. The van der Waals surface area contributed by atoms with Crippen molar-refractivity contribution >= 4 is 32.6 Å². The second kappa shape index (κ2) is 7.59. The minimum atomic E-state index is -0.127. The van der Waals surface area contributed by atoms with Crippen molar-refractivity contribution in [2.75, 3.05) is 38.0 Å². The van der Waals surface area contributed by atoms with Crippen LogP contribution >= 0.6 is 11.3 Å². The van der Waals surface area contributed by atoms with Crippen LogP contribution in [0.25, 0.3) is 10.2 Å². The molecule has 0 aliphatic carbocycles. The lowest BCUT2D eigenvalue weighted by Crippen LogP contribution is -2.53. The minimum absolute atomic E-state index is 0.0337. The number of hydrogen-bond acceptors (Lipinski definition) is 5. The Morgan fingerprint density at radius 2 is 1.92 bits per heavy atom. The molecule has 3 rings (SSSR count). The van der Waals surface area contributed by atoms with Crippen LogP contribution < -0.4 is 5.32 Å². The van der Waals surface area contributed by atoms with E-state index in [9.17, 15) is 4.79 Å². The Morgan fingerprint density at radius 3 is 2.58 bits per heavy atom. The fraction of sp³-hybridized carbons (Fsp3) is 0.556. The summed E-state index contributed by atoms with van der Waals surface area (Å²) in [6, 6.07) is 7.83. The van der Waals surface area contributed by atoms with E-state index in [4.69, 9.17) is 0 Å². The quantitative estimate of drug-likeness (QED) is 0.904. The van der Waals surface area contributed by atoms with E-state index >= 15 is 0 Å². The number of aromatic nitrogens is 1. The number of carbonyl (C=O) groups excluding carboxylic acids is 1. The maximum absolute atomic E-state index is 12.5. The molecule has 5 nitrogen and oxygen atoms in total. The van der Waals surface area contributed by atoms with Gasteiger partial charge in [0.05, 0.1) is 16.3 Å². The van der Waals surface area contributed by atoms with Crippen molar-refractivity contribution in [1.82, 2.24) is 14.8 Å². The molecule has 1 saturated heterocycles. The van der Waals surface area contributed by atoms with E-state index in [-0.39, 0.29) is 11.9 Å². The Bertz CT molecular complexity index is 658. The van der Waals surface area contributed by atoms with Crippen molar-refractivity contribution in [2.24, 2.45) is 5.92 Å². The molecule has 1 N–H and O–H groups in total. The fourth-order valence-electron chi connectivity index (χ4n) is 3.15. The number of hydrogen-bond donors (Lipinski definition) is 1. The normalized spacial score (nSPS) is 18.2. The zero-order valence-corrected chi connectivity index (χ0v) is 15.5. The maximum atomic E-state index is 12.5. The molecule has 2 heterocycles. The van der Waals surface area contributed by atoms with E-state index in [2.05, 4.69) is 33.9 Å². The van der Waals surface area contributed by atoms with Crippen molar-refractivity contribution in [3.63, 3.8) is 0 Å². The van der Waals surface area contributed by atoms with Crippen molar-refractivity contribution in [3.8, 4) is 0 Å². The summed E-state index contributed by atoms with van der Waals surface area (Å²) in [6.45, 7) is 11.6. The first-order chi connectivity index (χ1) is 11.5. The van der Waals surface area contributed by atoms with Crippen LogP contribution in [0.15, 0.2) is 24.3 Å². The molecule has 6 heteroatoms. The van der Waals surface area contributed by atoms with Gasteiger partial charge >= 0.3 is 0 Å². The third-order valence-electron chi connectivity index (χ3n) is 4.48. The SMILES string of the molecule is CC(C)CN1CCN(C(C)C(=O)Nc2nc3ccccc3s2)CC1. The highest BCUT2D eigenvalue weighted by Crippen LogP contribution is 2.25. The molecule has 1 unspecified atom stereocenters. The molecular formula is C18H26N4OS. The summed E-state index contributed by atoms with van der Waals surface area (Å²) in [5.74, 6) is 0.725. The van der Waals surface area contributed by atoms with Gasteiger partial charge in [0.2, 0.25) is 5.91 Å². The zero-order chi connectivity index (χ0) is 17.1. The summed E-state index contributed by atoms with van der Waals surface area (Å²) in [5.41, 5.74) is 0.938. The van der Waals surface area contributed by atoms with Gasteiger partial charge in [-0.3, -0.25) is 9.69 Å². The summed E-state index contributed by atoms with van der Waals surface area (Å²) < 4.78 is 1.10. The third kappa shape index (κ3) is 4.12. The lowest BCUT2D eigenvalue weighted by Gasteiger charge is -2.37. The predicted molar refractivity (Wildman–Crippen MR) is 101 cm³/mol. The molecule has 1 aromatic heterocycles. The van der Waals surface area contributed by atoms with Crippen LogP contribution in [-0.4, -0.2) is 59.5 Å². The van der Waals surface area contributed by atoms with Gasteiger partial charge in [-0.25, -0.2) is 4.98 Å². The van der Waals surface area contributed by atoms with Gasteiger partial charge in [0, 0.05) is 32.7 Å². The monoisotopic (exact) mass is 346 g/mol. The van der Waals surface area contributed by atoms with E-state index in [0.717, 1.165) is 42.9 Å². The van der Waals surface area contributed by atoms with Crippen LogP contribution in [0.4, 0.5) is 5.13 Å². The largest absolute Gasteiger partial charge is 0.301 e. The highest BCUT2D eigenvalue weighted by molar-refractivity contribution is 7.22. The number of piperazine rings is 1. The Kier molecular flexibility index (Phi) is 5.48. The number of nitrogens with one attached hydrogen (secondary N) is 1. The minimum Gasteiger partial charge on any atom is -0.301 e. The van der Waals surface area contributed by atoms with E-state index in [1.54, 1.807) is 0 Å². The average molecular weight is 347 g/mol. The first-order valence-electron chi connectivity index (χ1n) is 8.66. The number of amides is 1. The predicted octanol–water partition coefficient (Wildman–Crippen LogP) is 2.90. The van der Waals surface area contributed by atoms with Gasteiger partial charge < -0.3 is 10.2 Å². The Labute approximate surface area is 147 Å². The molecule has 0 bridgehead atoms. The number of anilines is 1. The number of carbonyl (C=O) groups is 1. The van der Waals surface area contributed by atoms with E-state index < -0.39 is 0 Å². The molecule has 1 atom stereocenters. The highest BCUT2D eigenvalue weighted by Gasteiger charge is 2.26. The van der Waals surface area contributed by atoms with Crippen LogP contribution in [0.3, 0.4) is 0 Å². The first kappa shape index (κ1) is 17.3. The van der Waals surface area contributed by atoms with Crippen molar-refractivity contribution in [3.05, 3.63) is 24.3 Å². The average Bonchev–Trinajstić information content (AvgIpc) is 2.96. The van der Waals surface area contributed by atoms with Crippen LogP contribution in [0.2, 0.25) is 0 Å². The number of fused-ring (bicyclic) bond motifs is 1. The van der Waals surface area contributed by atoms with Crippen LogP contribution in [0, 0.1) is 5.92 Å². The molecule has 0 radical (unpaired) electrons. The highest BCUT2D eigenvalue weighted by atomic mass is 32.1. The molecule has 1 aliphatic rings. The molecule has 2 aromatic rings. The standard InChI is InChI=1S/C18H26N4OS/c1-13(2)12-21-8-10-22(11-9-21)14(3)17(23)20-18-19-15-6-4-5-7-16(15)24-18/h4-7,13-14H,8-12H2,1-3H3,(H,19,20,23). The maximum Gasteiger partial charge on any atom is 0.243 e. The summed E-state index contributed by atoms with van der Waals surface area (Å²) in [6.07, 6.45) is 0. The molecule has 24 heavy (non-hydrogen) atoms. The lowest BCUT2D eigenvalue weighted by atomic mass is 10.1. The zero-order valence-electron chi connectivity index (χ0n) is 14.7. The third-order valence-corrected chi connectivity index (χ3v) is 5.43. The molecule has 1 amide bonds. The van der Waals surface area contributed by atoms with E-state index in [0.29, 0.717) is 11.0 Å². The number of benzene rings is 1. The van der Waals surface area contributed by atoms with Gasteiger partial charge in [-0.2, -0.15) is 0 Å². The Balaban J connectivity index is 1.55. The van der Waals surface area contributed by atoms with Gasteiger partial charge in [-0.15, -0.1) is 0 Å². The van der Waals surface area contributed by atoms with Gasteiger partial charge in [-0.05, 0) is 25.0 Å². The van der Waals surface area contributed by atoms with Crippen LogP contribution in [0.5, 0.6) is 0 Å². The Hall–Kier alpha value is -1.50. The number of para-hydroxylation sites is 1. The molecule has 1 aliphatic heterocycles. The number of thiazole rings is 1. The van der Waals surface area contributed by atoms with Gasteiger partial charge in [-0.1, -0.05) is 37.3 Å². The van der Waals surface area contributed by atoms with Crippen LogP contribution in [0.1, 0.15) is 20.8 Å². The first-order valence-corrected chi connectivity index (χ1v) is 9.47. The lowest BCUT2D eigenvalue weighted by molar-refractivity contribution is -0.121. The Morgan fingerprint density at radius 1 is 1.21 bits per heavy atom. The second-order valence-electron chi connectivity index (χ2n) is 6.88. The fourth-order valence-corrected chi connectivity index (χ4v) is 4.02. The van der Waals surface area contributed by atoms with Gasteiger partial charge in [0.15, 0.2) is 5.13 Å². The second-order valence-corrected chi connectivity index (χ2v) is 7.91. The van der Waals surface area contributed by atoms with Gasteiger partial charge in [0.25, 0.3) is 0 Å². The summed E-state index contributed by atoms with van der Waals surface area (Å²) in [7, 11) is 0. The van der Waals surface area contributed by atoms with Crippen molar-refractivity contribution < 1.29 is 4.79 Å². The molecular weight excluding hydrogens is 320 g/mol. The van der Waals surface area contributed by atoms with E-state index in [1.165, 1.54) is 11.3 Å². The summed E-state index contributed by atoms with van der Waals surface area (Å²) in [4.78, 5) is 21.8. The van der Waals surface area contributed by atoms with Gasteiger partial charge in [0.1, 0.15) is 0 Å².